The smallest absolute Gasteiger partial charge is 0.320 e. The van der Waals surface area contributed by atoms with Gasteiger partial charge in [0.1, 0.15) is 17.3 Å². The standard InChI is InChI=1S/C20H26N4O5/c1-10-2-4-12(5-3-10)29-20-22-17(21)16-14(25)6-7-24(18(16)23-20)13-8-11(19(27)28)9-15(13)26/h6-7,10-13,15,26H,2-5,8-9H2,1H3,(H,27,28)(H2,21,22,23)/t10?,11?,12?,13-,15-/m0/s1. The van der Waals surface area contributed by atoms with Crippen LogP contribution in [0.2, 0.25) is 0 Å². The van der Waals surface area contributed by atoms with E-state index in [4.69, 9.17) is 10.5 Å². The third-order valence-electron chi connectivity index (χ3n) is 6.21. The van der Waals surface area contributed by atoms with Gasteiger partial charge in [0.05, 0.1) is 18.1 Å². The fourth-order valence-electron chi connectivity index (χ4n) is 4.48. The SMILES string of the molecule is CC1CCC(Oc2nc(N)c3c(=O)ccn([C@H]4CC(C(=O)O)C[C@@H]4O)c3n2)CC1. The molecule has 0 amide bonds. The topological polar surface area (TPSA) is 141 Å². The normalized spacial score (nSPS) is 29.8. The first-order valence-electron chi connectivity index (χ1n) is 10.1. The number of pyridine rings is 1. The summed E-state index contributed by atoms with van der Waals surface area (Å²) < 4.78 is 7.60. The molecule has 0 aliphatic heterocycles. The summed E-state index contributed by atoms with van der Waals surface area (Å²) in [4.78, 5) is 32.4. The number of fused-ring (bicyclic) bond motifs is 1. The summed E-state index contributed by atoms with van der Waals surface area (Å²) in [7, 11) is 0. The maximum atomic E-state index is 12.4. The number of aliphatic carboxylic acids is 1. The Kier molecular flexibility index (Phi) is 5.16. The maximum Gasteiger partial charge on any atom is 0.320 e. The number of rotatable bonds is 4. The molecule has 2 fully saturated rings. The van der Waals surface area contributed by atoms with Gasteiger partial charge in [-0.2, -0.15) is 9.97 Å². The van der Waals surface area contributed by atoms with Crippen LogP contribution in [0.15, 0.2) is 17.1 Å². The van der Waals surface area contributed by atoms with Crippen LogP contribution in [0.5, 0.6) is 6.01 Å². The molecule has 0 aromatic carbocycles. The molecular weight excluding hydrogens is 376 g/mol. The van der Waals surface area contributed by atoms with E-state index in [1.54, 1.807) is 4.57 Å². The van der Waals surface area contributed by atoms with Crippen molar-refractivity contribution in [2.75, 3.05) is 5.73 Å². The number of hydrogen-bond donors (Lipinski definition) is 3. The van der Waals surface area contributed by atoms with Gasteiger partial charge in [0.2, 0.25) is 0 Å². The zero-order chi connectivity index (χ0) is 20.7. The van der Waals surface area contributed by atoms with Crippen LogP contribution in [-0.2, 0) is 4.79 Å². The lowest BCUT2D eigenvalue weighted by atomic mass is 9.89. The van der Waals surface area contributed by atoms with E-state index >= 15 is 0 Å². The van der Waals surface area contributed by atoms with E-state index in [-0.39, 0.29) is 47.2 Å². The van der Waals surface area contributed by atoms with Crippen molar-refractivity contribution in [3.8, 4) is 6.01 Å². The highest BCUT2D eigenvalue weighted by molar-refractivity contribution is 5.85. The van der Waals surface area contributed by atoms with Crippen LogP contribution in [0.3, 0.4) is 0 Å². The molecule has 9 heteroatoms. The molecule has 9 nitrogen and oxygen atoms in total. The number of aliphatic hydroxyl groups excluding tert-OH is 1. The number of anilines is 1. The van der Waals surface area contributed by atoms with Crippen molar-refractivity contribution in [2.45, 2.75) is 63.7 Å². The van der Waals surface area contributed by atoms with Gasteiger partial charge < -0.3 is 25.3 Å². The molecule has 4 N–H and O–H groups in total. The predicted octanol–water partition coefficient (Wildman–Crippen LogP) is 1.73. The van der Waals surface area contributed by atoms with E-state index in [2.05, 4.69) is 16.9 Å². The molecule has 2 aliphatic carbocycles. The van der Waals surface area contributed by atoms with E-state index in [9.17, 15) is 19.8 Å². The van der Waals surface area contributed by atoms with Crippen molar-refractivity contribution in [3.05, 3.63) is 22.5 Å². The molecule has 0 saturated heterocycles. The molecule has 4 rings (SSSR count). The number of carboxylic acid groups (broad SMARTS) is 1. The zero-order valence-corrected chi connectivity index (χ0v) is 16.3. The first-order chi connectivity index (χ1) is 13.8. The Hall–Kier alpha value is -2.68. The molecule has 0 spiro atoms. The highest BCUT2D eigenvalue weighted by Crippen LogP contribution is 2.37. The average molecular weight is 402 g/mol. The van der Waals surface area contributed by atoms with Crippen molar-refractivity contribution in [1.29, 1.82) is 0 Å². The highest BCUT2D eigenvalue weighted by Gasteiger charge is 2.38. The van der Waals surface area contributed by atoms with Gasteiger partial charge in [-0.1, -0.05) is 6.92 Å². The molecule has 3 atom stereocenters. The molecule has 2 heterocycles. The Morgan fingerprint density at radius 3 is 2.62 bits per heavy atom. The lowest BCUT2D eigenvalue weighted by Gasteiger charge is -2.26. The molecule has 29 heavy (non-hydrogen) atoms. The second-order valence-corrected chi connectivity index (χ2v) is 8.32. The Balaban J connectivity index is 1.72. The van der Waals surface area contributed by atoms with E-state index in [0.717, 1.165) is 25.7 Å². The average Bonchev–Trinajstić information content (AvgIpc) is 3.05. The van der Waals surface area contributed by atoms with Crippen LogP contribution in [0.25, 0.3) is 11.0 Å². The molecular formula is C20H26N4O5. The van der Waals surface area contributed by atoms with Gasteiger partial charge in [-0.15, -0.1) is 0 Å². The van der Waals surface area contributed by atoms with Crippen molar-refractivity contribution >= 4 is 22.8 Å². The van der Waals surface area contributed by atoms with Gasteiger partial charge in [-0.25, -0.2) is 0 Å². The molecule has 2 aromatic rings. The maximum absolute atomic E-state index is 12.4. The van der Waals surface area contributed by atoms with Crippen molar-refractivity contribution < 1.29 is 19.7 Å². The third kappa shape index (κ3) is 3.78. The third-order valence-corrected chi connectivity index (χ3v) is 6.21. The Labute approximate surface area is 167 Å². The number of aliphatic hydroxyl groups is 1. The van der Waals surface area contributed by atoms with Crippen LogP contribution >= 0.6 is 0 Å². The number of hydrogen-bond acceptors (Lipinski definition) is 7. The van der Waals surface area contributed by atoms with Crippen LogP contribution < -0.4 is 15.9 Å². The van der Waals surface area contributed by atoms with Crippen LogP contribution in [0, 0.1) is 11.8 Å². The van der Waals surface area contributed by atoms with Crippen molar-refractivity contribution in [3.63, 3.8) is 0 Å². The van der Waals surface area contributed by atoms with E-state index in [1.165, 1.54) is 12.3 Å². The quantitative estimate of drug-likeness (QED) is 0.702. The first-order valence-corrected chi connectivity index (χ1v) is 10.1. The molecule has 156 valence electrons. The van der Waals surface area contributed by atoms with Crippen LogP contribution in [0.1, 0.15) is 51.5 Å². The monoisotopic (exact) mass is 402 g/mol. The van der Waals surface area contributed by atoms with Gasteiger partial charge in [0.15, 0.2) is 11.1 Å². The van der Waals surface area contributed by atoms with Gasteiger partial charge in [-0.3, -0.25) is 9.59 Å². The van der Waals surface area contributed by atoms with Gasteiger partial charge in [0.25, 0.3) is 0 Å². The fourth-order valence-corrected chi connectivity index (χ4v) is 4.48. The number of ether oxygens (including phenoxy) is 1. The summed E-state index contributed by atoms with van der Waals surface area (Å²) in [6.45, 7) is 2.22. The number of aromatic nitrogens is 3. The number of nitrogens with two attached hydrogens (primary N) is 1. The van der Waals surface area contributed by atoms with Gasteiger partial charge in [0, 0.05) is 12.3 Å². The fraction of sp³-hybridized carbons (Fsp3) is 0.600. The summed E-state index contributed by atoms with van der Waals surface area (Å²) in [5.41, 5.74) is 6.00. The number of nitrogen functional groups attached to an aromatic ring is 1. The Bertz CT molecular complexity index is 983. The Morgan fingerprint density at radius 2 is 1.97 bits per heavy atom. The number of nitrogens with zero attached hydrogens (tertiary/aromatic N) is 3. The summed E-state index contributed by atoms with van der Waals surface area (Å²) in [6, 6.07) is 0.930. The number of carbonyl (C=O) groups is 1. The molecule has 0 radical (unpaired) electrons. The molecule has 2 aromatic heterocycles. The van der Waals surface area contributed by atoms with Gasteiger partial charge >= 0.3 is 12.0 Å². The van der Waals surface area contributed by atoms with E-state index < -0.39 is 24.0 Å². The highest BCUT2D eigenvalue weighted by atomic mass is 16.5. The van der Waals surface area contributed by atoms with E-state index in [0.29, 0.717) is 5.92 Å². The molecule has 1 unspecified atom stereocenters. The minimum Gasteiger partial charge on any atom is -0.481 e. The van der Waals surface area contributed by atoms with Crippen LogP contribution in [0.4, 0.5) is 5.82 Å². The predicted molar refractivity (Wildman–Crippen MR) is 106 cm³/mol. The summed E-state index contributed by atoms with van der Waals surface area (Å²) in [5, 5.41) is 19.9. The summed E-state index contributed by atoms with van der Waals surface area (Å²) in [5.74, 6) is -0.894. The molecule has 2 aliphatic rings. The van der Waals surface area contributed by atoms with Crippen molar-refractivity contribution in [1.82, 2.24) is 14.5 Å². The minimum absolute atomic E-state index is 0.000367. The van der Waals surface area contributed by atoms with Gasteiger partial charge in [-0.05, 0) is 44.4 Å². The molecule has 0 bridgehead atoms. The molecule has 2 saturated carbocycles. The second kappa shape index (κ2) is 7.62. The number of carboxylic acids is 1. The Morgan fingerprint density at radius 1 is 1.24 bits per heavy atom. The zero-order valence-electron chi connectivity index (χ0n) is 16.3. The summed E-state index contributed by atoms with van der Waals surface area (Å²) >= 11 is 0. The minimum atomic E-state index is -0.943. The lowest BCUT2D eigenvalue weighted by Crippen LogP contribution is -2.25. The van der Waals surface area contributed by atoms with Crippen molar-refractivity contribution in [2.24, 2.45) is 11.8 Å². The largest absolute Gasteiger partial charge is 0.481 e. The first kappa shape index (κ1) is 19.6. The lowest BCUT2D eigenvalue weighted by molar-refractivity contribution is -0.141. The van der Waals surface area contributed by atoms with E-state index in [1.807, 2.05) is 0 Å². The second-order valence-electron chi connectivity index (χ2n) is 8.32. The summed E-state index contributed by atoms with van der Waals surface area (Å²) in [6.07, 6.45) is 5.03. The van der Waals surface area contributed by atoms with Crippen LogP contribution in [-0.4, -0.2) is 42.9 Å².